The molecule has 10 heavy (non-hydrogen) atoms. The highest BCUT2D eigenvalue weighted by atomic mass is 16.1. The van der Waals surface area contributed by atoms with E-state index in [0.717, 1.165) is 12.2 Å². The van der Waals surface area contributed by atoms with Gasteiger partial charge < -0.3 is 0 Å². The van der Waals surface area contributed by atoms with E-state index in [4.69, 9.17) is 0 Å². The SMILES string of the molecule is C1=CC=C1.O=C=CC=C=O. The van der Waals surface area contributed by atoms with Gasteiger partial charge in [-0.15, -0.1) is 0 Å². The topological polar surface area (TPSA) is 34.1 Å². The zero-order valence-corrected chi connectivity index (χ0v) is 5.28. The van der Waals surface area contributed by atoms with Crippen LogP contribution in [-0.2, 0) is 9.59 Å². The van der Waals surface area contributed by atoms with Crippen LogP contribution in [0.5, 0.6) is 0 Å². The molecule has 2 heteroatoms. The van der Waals surface area contributed by atoms with Crippen LogP contribution in [0, 0.1) is 0 Å². The molecule has 0 aromatic heterocycles. The predicted octanol–water partition coefficient (Wildman–Crippen LogP) is 0.874. The predicted molar refractivity (Wildman–Crippen MR) is 38.8 cm³/mol. The fourth-order valence-electron chi connectivity index (χ4n) is 0.179. The summed E-state index contributed by atoms with van der Waals surface area (Å²) in [7, 11) is 0. The van der Waals surface area contributed by atoms with Crippen molar-refractivity contribution in [2.45, 2.75) is 0 Å². The molecule has 1 rings (SSSR count). The molecule has 0 heterocycles. The zero-order chi connectivity index (χ0) is 7.66. The second kappa shape index (κ2) is 7.38. The lowest BCUT2D eigenvalue weighted by atomic mass is 10.3. The van der Waals surface area contributed by atoms with E-state index < -0.39 is 0 Å². The summed E-state index contributed by atoms with van der Waals surface area (Å²) in [4.78, 5) is 18.3. The third-order valence-electron chi connectivity index (χ3n) is 0.664. The van der Waals surface area contributed by atoms with Gasteiger partial charge in [-0.25, -0.2) is 9.59 Å². The second-order valence-corrected chi connectivity index (χ2v) is 1.34. The molecule has 0 aliphatic heterocycles. The largest absolute Gasteiger partial charge is 0.233 e. The van der Waals surface area contributed by atoms with Crippen LogP contribution in [0.15, 0.2) is 36.5 Å². The number of rotatable bonds is 1. The van der Waals surface area contributed by atoms with Crippen molar-refractivity contribution in [3.8, 4) is 0 Å². The monoisotopic (exact) mass is 134 g/mol. The lowest BCUT2D eigenvalue weighted by molar-refractivity contribution is 0.566. The highest BCUT2D eigenvalue weighted by Crippen LogP contribution is 1.86. The van der Waals surface area contributed by atoms with E-state index in [1.165, 1.54) is 11.9 Å². The number of allylic oxidation sites excluding steroid dienone is 6. The van der Waals surface area contributed by atoms with E-state index in [0.29, 0.717) is 0 Å². The van der Waals surface area contributed by atoms with E-state index >= 15 is 0 Å². The molecule has 0 spiro atoms. The van der Waals surface area contributed by atoms with Gasteiger partial charge in [-0.3, -0.25) is 0 Å². The standard InChI is InChI=1S/C4H2O2.C4H4/c5-3-1-2-4-6;1-2-4-3-1/h1-2H;1-4H. The molecule has 0 N–H and O–H groups in total. The Bertz CT molecular complexity index is 190. The average molecular weight is 134 g/mol. The fourth-order valence-corrected chi connectivity index (χ4v) is 0.179. The summed E-state index contributed by atoms with van der Waals surface area (Å²) in [5, 5.41) is 0. The van der Waals surface area contributed by atoms with E-state index in [9.17, 15) is 9.59 Å². The normalized spacial score (nSPS) is 9.20. The van der Waals surface area contributed by atoms with E-state index in [1.54, 1.807) is 0 Å². The first-order valence-electron chi connectivity index (χ1n) is 2.65. The molecule has 0 radical (unpaired) electrons. The van der Waals surface area contributed by atoms with Crippen LogP contribution in [-0.4, -0.2) is 11.9 Å². The van der Waals surface area contributed by atoms with Gasteiger partial charge >= 0.3 is 0 Å². The van der Waals surface area contributed by atoms with Gasteiger partial charge in [0.15, 0.2) is 0 Å². The van der Waals surface area contributed by atoms with Gasteiger partial charge in [-0.1, -0.05) is 24.3 Å². The molecular weight excluding hydrogens is 128 g/mol. The molecule has 2 nitrogen and oxygen atoms in total. The van der Waals surface area contributed by atoms with Crippen molar-refractivity contribution < 1.29 is 9.59 Å². The first kappa shape index (κ1) is 8.38. The van der Waals surface area contributed by atoms with Crippen LogP contribution in [0.3, 0.4) is 0 Å². The maximum Gasteiger partial charge on any atom is 0.125 e. The second-order valence-electron chi connectivity index (χ2n) is 1.34. The molecule has 0 saturated heterocycles. The fraction of sp³-hybridized carbons (Fsp3) is 0. The number of hydrogen-bond acceptors (Lipinski definition) is 2. The molecule has 0 unspecified atom stereocenters. The van der Waals surface area contributed by atoms with Crippen molar-refractivity contribution in [3.05, 3.63) is 36.5 Å². The minimum atomic E-state index is 0.951. The first-order valence-corrected chi connectivity index (χ1v) is 2.65. The maximum atomic E-state index is 9.17. The Labute approximate surface area is 58.9 Å². The highest BCUT2D eigenvalue weighted by Gasteiger charge is 1.65. The molecule has 0 bridgehead atoms. The molecule has 0 aromatic rings. The van der Waals surface area contributed by atoms with Gasteiger partial charge in [-0.05, 0) is 0 Å². The molecule has 0 atom stereocenters. The van der Waals surface area contributed by atoms with Crippen LogP contribution in [0.1, 0.15) is 0 Å². The molecule has 0 saturated carbocycles. The van der Waals surface area contributed by atoms with Crippen molar-refractivity contribution >= 4 is 11.9 Å². The molecule has 50 valence electrons. The van der Waals surface area contributed by atoms with Gasteiger partial charge in [0.25, 0.3) is 0 Å². The zero-order valence-electron chi connectivity index (χ0n) is 5.28. The summed E-state index contributed by atoms with van der Waals surface area (Å²) < 4.78 is 0. The van der Waals surface area contributed by atoms with Gasteiger partial charge in [0.2, 0.25) is 0 Å². The van der Waals surface area contributed by atoms with Gasteiger partial charge in [-0.2, -0.15) is 0 Å². The third kappa shape index (κ3) is 6.38. The van der Waals surface area contributed by atoms with E-state index in [2.05, 4.69) is 0 Å². The van der Waals surface area contributed by atoms with Crippen molar-refractivity contribution in [1.29, 1.82) is 0 Å². The Morgan fingerprint density at radius 3 is 1.20 bits per heavy atom. The van der Waals surface area contributed by atoms with Gasteiger partial charge in [0.1, 0.15) is 11.9 Å². The lowest BCUT2D eigenvalue weighted by Crippen LogP contribution is -1.55. The summed E-state index contributed by atoms with van der Waals surface area (Å²) in [5.74, 6) is 2.75. The Morgan fingerprint density at radius 1 is 0.800 bits per heavy atom. The lowest BCUT2D eigenvalue weighted by Gasteiger charge is -1.77. The minimum Gasteiger partial charge on any atom is -0.233 e. The molecule has 1 aliphatic carbocycles. The minimum absolute atomic E-state index is 0.951. The van der Waals surface area contributed by atoms with Gasteiger partial charge in [0.05, 0.1) is 0 Å². The van der Waals surface area contributed by atoms with Crippen LogP contribution < -0.4 is 0 Å². The quantitative estimate of drug-likeness (QED) is 0.394. The van der Waals surface area contributed by atoms with Crippen LogP contribution in [0.2, 0.25) is 0 Å². The molecule has 0 fully saturated rings. The van der Waals surface area contributed by atoms with Gasteiger partial charge in [0, 0.05) is 12.2 Å². The summed E-state index contributed by atoms with van der Waals surface area (Å²) in [6, 6.07) is 0. The number of carbonyl (C=O) groups excluding carboxylic acids is 2. The Hall–Kier alpha value is -1.62. The van der Waals surface area contributed by atoms with Crippen LogP contribution >= 0.6 is 0 Å². The highest BCUT2D eigenvalue weighted by molar-refractivity contribution is 5.58. The van der Waals surface area contributed by atoms with Crippen molar-refractivity contribution in [1.82, 2.24) is 0 Å². The smallest absolute Gasteiger partial charge is 0.125 e. The Kier molecular flexibility index (Phi) is 6.18. The summed E-state index contributed by atoms with van der Waals surface area (Å²) in [5.41, 5.74) is 0. The van der Waals surface area contributed by atoms with Crippen molar-refractivity contribution in [2.24, 2.45) is 0 Å². The summed E-state index contributed by atoms with van der Waals surface area (Å²) in [6.07, 6.45) is 9.90. The van der Waals surface area contributed by atoms with Crippen LogP contribution in [0.25, 0.3) is 0 Å². The number of hydrogen-bond donors (Lipinski definition) is 0. The average Bonchev–Trinajstić information content (AvgIpc) is 1.79. The van der Waals surface area contributed by atoms with Crippen LogP contribution in [0.4, 0.5) is 0 Å². The molecule has 1 aliphatic rings. The van der Waals surface area contributed by atoms with Crippen molar-refractivity contribution in [3.63, 3.8) is 0 Å². The summed E-state index contributed by atoms with van der Waals surface area (Å²) in [6.45, 7) is 0. The summed E-state index contributed by atoms with van der Waals surface area (Å²) >= 11 is 0. The third-order valence-corrected chi connectivity index (χ3v) is 0.664. The molecule has 0 amide bonds. The Balaban J connectivity index is 0.000000172. The van der Waals surface area contributed by atoms with E-state index in [1.807, 2.05) is 24.3 Å². The Morgan fingerprint density at radius 2 is 1.10 bits per heavy atom. The molecule has 0 aromatic carbocycles. The van der Waals surface area contributed by atoms with Crippen molar-refractivity contribution in [2.75, 3.05) is 0 Å². The van der Waals surface area contributed by atoms with E-state index in [-0.39, 0.29) is 0 Å². The first-order chi connectivity index (χ1) is 4.91. The maximum absolute atomic E-state index is 9.17. The molecular formula is C8H6O2.